The maximum absolute atomic E-state index is 6.21. The Labute approximate surface area is 175 Å². The van der Waals surface area contributed by atoms with Gasteiger partial charge >= 0.3 is 0 Å². The summed E-state index contributed by atoms with van der Waals surface area (Å²) in [7, 11) is 3.73. The topological polar surface area (TPSA) is 71.5 Å². The van der Waals surface area contributed by atoms with Crippen LogP contribution in [0.5, 0.6) is 11.5 Å². The van der Waals surface area contributed by atoms with Gasteiger partial charge in [0.05, 0.1) is 12.6 Å². The summed E-state index contributed by atoms with van der Waals surface area (Å²) in [6.07, 6.45) is 0. The lowest BCUT2D eigenvalue weighted by molar-refractivity contribution is 0.283. The number of nitrogens with one attached hydrogen (secondary N) is 2. The van der Waals surface area contributed by atoms with Gasteiger partial charge in [-0.05, 0) is 36.3 Å². The summed E-state index contributed by atoms with van der Waals surface area (Å²) in [6, 6.07) is 11.9. The molecule has 0 spiro atoms. The molecule has 2 bridgehead atoms. The SMILES string of the molecule is COc1cc2nc(Cl)nc3c2cc1OCCNCCN(C)Cc1ccccc1N3. The van der Waals surface area contributed by atoms with Gasteiger partial charge in [0.2, 0.25) is 5.28 Å². The molecule has 2 N–H and O–H groups in total. The molecule has 152 valence electrons. The van der Waals surface area contributed by atoms with Crippen molar-refractivity contribution in [3.8, 4) is 11.5 Å². The van der Waals surface area contributed by atoms with E-state index >= 15 is 0 Å². The minimum Gasteiger partial charge on any atom is -0.493 e. The number of ether oxygens (including phenoxy) is 2. The largest absolute Gasteiger partial charge is 0.493 e. The van der Waals surface area contributed by atoms with Crippen molar-refractivity contribution < 1.29 is 9.47 Å². The molecule has 1 aliphatic heterocycles. The first-order valence-corrected chi connectivity index (χ1v) is 9.94. The zero-order valence-electron chi connectivity index (χ0n) is 16.5. The first-order valence-electron chi connectivity index (χ1n) is 9.56. The van der Waals surface area contributed by atoms with E-state index in [1.165, 1.54) is 5.56 Å². The molecule has 3 aromatic rings. The molecule has 29 heavy (non-hydrogen) atoms. The molecule has 1 aromatic heterocycles. The Balaban J connectivity index is 1.83. The van der Waals surface area contributed by atoms with E-state index in [2.05, 4.69) is 38.6 Å². The lowest BCUT2D eigenvalue weighted by atomic mass is 10.1. The number of hydrogen-bond donors (Lipinski definition) is 2. The fourth-order valence-electron chi connectivity index (χ4n) is 3.38. The molecule has 0 unspecified atom stereocenters. The number of halogens is 1. The molecule has 0 fully saturated rings. The molecule has 0 radical (unpaired) electrons. The molecule has 1 aliphatic rings. The second-order valence-corrected chi connectivity index (χ2v) is 7.32. The number of methoxy groups -OCH3 is 1. The number of likely N-dealkylation sites (N-methyl/N-ethyl adjacent to an activating group) is 1. The van der Waals surface area contributed by atoms with Crippen molar-refractivity contribution in [1.82, 2.24) is 20.2 Å². The van der Waals surface area contributed by atoms with Crippen LogP contribution in [0, 0.1) is 0 Å². The van der Waals surface area contributed by atoms with E-state index in [0.29, 0.717) is 29.4 Å². The van der Waals surface area contributed by atoms with Gasteiger partial charge in [0.1, 0.15) is 12.4 Å². The third-order valence-corrected chi connectivity index (χ3v) is 5.04. The zero-order chi connectivity index (χ0) is 20.2. The Morgan fingerprint density at radius 1 is 1.17 bits per heavy atom. The molecule has 0 atom stereocenters. The van der Waals surface area contributed by atoms with Crippen LogP contribution in [-0.2, 0) is 6.54 Å². The number of hydrogen-bond acceptors (Lipinski definition) is 7. The summed E-state index contributed by atoms with van der Waals surface area (Å²) in [5, 5.41) is 7.86. The van der Waals surface area contributed by atoms with Crippen LogP contribution < -0.4 is 20.1 Å². The Kier molecular flexibility index (Phi) is 5.99. The number of benzene rings is 2. The van der Waals surface area contributed by atoms with E-state index in [0.717, 1.165) is 37.3 Å². The summed E-state index contributed by atoms with van der Waals surface area (Å²) in [4.78, 5) is 11.1. The first-order chi connectivity index (χ1) is 14.1. The monoisotopic (exact) mass is 413 g/mol. The van der Waals surface area contributed by atoms with E-state index in [-0.39, 0.29) is 5.28 Å². The van der Waals surface area contributed by atoms with Gasteiger partial charge in [0.15, 0.2) is 11.5 Å². The Bertz CT molecular complexity index is 1010. The van der Waals surface area contributed by atoms with Gasteiger partial charge in [-0.15, -0.1) is 0 Å². The smallest absolute Gasteiger partial charge is 0.224 e. The van der Waals surface area contributed by atoms with Crippen molar-refractivity contribution in [3.63, 3.8) is 0 Å². The number of aromatic nitrogens is 2. The van der Waals surface area contributed by atoms with Gasteiger partial charge in [0, 0.05) is 43.3 Å². The molecule has 2 aromatic carbocycles. The van der Waals surface area contributed by atoms with E-state index in [1.54, 1.807) is 7.11 Å². The maximum atomic E-state index is 6.21. The number of para-hydroxylation sites is 1. The van der Waals surface area contributed by atoms with Crippen LogP contribution in [0.4, 0.5) is 11.5 Å². The molecule has 0 aliphatic carbocycles. The summed E-state index contributed by atoms with van der Waals surface area (Å²) < 4.78 is 11.5. The van der Waals surface area contributed by atoms with E-state index in [9.17, 15) is 0 Å². The molecular formula is C21H24ClN5O2. The third-order valence-electron chi connectivity index (χ3n) is 4.87. The average Bonchev–Trinajstić information content (AvgIpc) is 2.71. The normalized spacial score (nSPS) is 15.7. The van der Waals surface area contributed by atoms with Crippen LogP contribution in [0.2, 0.25) is 5.28 Å². The quantitative estimate of drug-likeness (QED) is 0.592. The number of anilines is 2. The lowest BCUT2D eigenvalue weighted by Gasteiger charge is -2.19. The molecule has 8 heteroatoms. The van der Waals surface area contributed by atoms with Gasteiger partial charge in [-0.25, -0.2) is 4.98 Å². The highest BCUT2D eigenvalue weighted by atomic mass is 35.5. The van der Waals surface area contributed by atoms with Gasteiger partial charge in [-0.2, -0.15) is 4.98 Å². The van der Waals surface area contributed by atoms with Crippen molar-refractivity contribution in [2.45, 2.75) is 6.54 Å². The highest BCUT2D eigenvalue weighted by Crippen LogP contribution is 2.36. The molecule has 2 heterocycles. The summed E-state index contributed by atoms with van der Waals surface area (Å²) in [5.41, 5.74) is 2.85. The van der Waals surface area contributed by atoms with E-state index in [1.807, 2.05) is 30.3 Å². The van der Waals surface area contributed by atoms with Crippen LogP contribution in [0.1, 0.15) is 5.56 Å². The van der Waals surface area contributed by atoms with E-state index < -0.39 is 0 Å². The summed E-state index contributed by atoms with van der Waals surface area (Å²) >= 11 is 6.21. The molecular weight excluding hydrogens is 390 g/mol. The maximum Gasteiger partial charge on any atom is 0.224 e. The Morgan fingerprint density at radius 3 is 2.90 bits per heavy atom. The summed E-state index contributed by atoms with van der Waals surface area (Å²) in [5.74, 6) is 1.90. The standard InChI is InChI=1S/C21H24ClN5O2/c1-27-9-7-23-8-10-29-19-11-15-17(12-18(19)28-2)25-21(22)26-20(15)24-16-6-4-3-5-14(16)13-27/h3-6,11-12,23H,7-10,13H2,1-2H3,(H,24,25,26). The van der Waals surface area contributed by atoms with Crippen LogP contribution >= 0.6 is 11.6 Å². The third kappa shape index (κ3) is 4.53. The predicted molar refractivity (Wildman–Crippen MR) is 116 cm³/mol. The van der Waals surface area contributed by atoms with Gasteiger partial charge in [-0.1, -0.05) is 18.2 Å². The first kappa shape index (κ1) is 19.7. The fourth-order valence-corrected chi connectivity index (χ4v) is 3.56. The average molecular weight is 414 g/mol. The Morgan fingerprint density at radius 2 is 2.03 bits per heavy atom. The van der Waals surface area contributed by atoms with Crippen molar-refractivity contribution >= 4 is 34.0 Å². The van der Waals surface area contributed by atoms with Gasteiger partial charge in [-0.3, -0.25) is 0 Å². The highest BCUT2D eigenvalue weighted by molar-refractivity contribution is 6.28. The number of fused-ring (bicyclic) bond motifs is 2. The second kappa shape index (κ2) is 8.82. The van der Waals surface area contributed by atoms with Crippen LogP contribution in [0.15, 0.2) is 36.4 Å². The number of nitrogens with zero attached hydrogens (tertiary/aromatic N) is 3. The van der Waals surface area contributed by atoms with Gasteiger partial charge < -0.3 is 25.0 Å². The molecule has 7 nitrogen and oxygen atoms in total. The second-order valence-electron chi connectivity index (χ2n) is 6.98. The van der Waals surface area contributed by atoms with Crippen molar-refractivity contribution in [3.05, 3.63) is 47.2 Å². The minimum absolute atomic E-state index is 0.174. The predicted octanol–water partition coefficient (Wildman–Crippen LogP) is 3.45. The van der Waals surface area contributed by atoms with Crippen LogP contribution in [-0.4, -0.2) is 55.3 Å². The molecule has 0 saturated carbocycles. The molecule has 0 saturated heterocycles. The van der Waals surface area contributed by atoms with Crippen molar-refractivity contribution in [2.24, 2.45) is 0 Å². The van der Waals surface area contributed by atoms with Crippen LogP contribution in [0.3, 0.4) is 0 Å². The van der Waals surface area contributed by atoms with Crippen molar-refractivity contribution in [1.29, 1.82) is 0 Å². The van der Waals surface area contributed by atoms with Crippen LogP contribution in [0.25, 0.3) is 10.9 Å². The molecule has 4 rings (SSSR count). The fraction of sp³-hybridized carbons (Fsp3) is 0.333. The van der Waals surface area contributed by atoms with Gasteiger partial charge in [0.25, 0.3) is 0 Å². The summed E-state index contributed by atoms with van der Waals surface area (Å²) in [6.45, 7) is 3.90. The Hall–Kier alpha value is -2.61. The molecule has 0 amide bonds. The number of rotatable bonds is 1. The minimum atomic E-state index is 0.174. The highest BCUT2D eigenvalue weighted by Gasteiger charge is 2.15. The van der Waals surface area contributed by atoms with E-state index in [4.69, 9.17) is 21.1 Å². The lowest BCUT2D eigenvalue weighted by Crippen LogP contribution is -2.31. The zero-order valence-corrected chi connectivity index (χ0v) is 17.3. The van der Waals surface area contributed by atoms with Crippen molar-refractivity contribution in [2.75, 3.05) is 45.7 Å².